The molecule has 0 bridgehead atoms. The molecular formula is C24H32N6O2. The van der Waals surface area contributed by atoms with Gasteiger partial charge in [-0.15, -0.1) is 0 Å². The second-order valence-corrected chi connectivity index (χ2v) is 9.17. The van der Waals surface area contributed by atoms with Gasteiger partial charge in [0.25, 0.3) is 0 Å². The fourth-order valence-corrected chi connectivity index (χ4v) is 5.53. The van der Waals surface area contributed by atoms with Crippen molar-refractivity contribution in [3.05, 3.63) is 30.0 Å². The standard InChI is InChI=1S/C24H32N6O2/c1-4-25-23(31)26-17-9-7-16(8-10-17)21-27-20-19(22(28-21)30-12-14-32-15-13-30)29(3)18-6-5-11-24(18,20)2/h7-10,18H,4-6,11-15H2,1-3H3,(H2,25,26,31). The summed E-state index contributed by atoms with van der Waals surface area (Å²) >= 11 is 0. The summed E-state index contributed by atoms with van der Waals surface area (Å²) in [6.07, 6.45) is 3.59. The third-order valence-corrected chi connectivity index (χ3v) is 7.18. The number of hydrogen-bond donors (Lipinski definition) is 2. The number of benzene rings is 1. The molecule has 1 saturated heterocycles. The number of amides is 2. The zero-order chi connectivity index (χ0) is 22.3. The Labute approximate surface area is 189 Å². The van der Waals surface area contributed by atoms with E-state index in [9.17, 15) is 4.79 Å². The number of anilines is 3. The number of nitrogens with one attached hydrogen (secondary N) is 2. The van der Waals surface area contributed by atoms with Crippen LogP contribution < -0.4 is 20.4 Å². The van der Waals surface area contributed by atoms with Gasteiger partial charge in [0.05, 0.1) is 18.9 Å². The van der Waals surface area contributed by atoms with Gasteiger partial charge in [-0.05, 0) is 44.0 Å². The van der Waals surface area contributed by atoms with Gasteiger partial charge in [0.2, 0.25) is 0 Å². The molecule has 2 amide bonds. The van der Waals surface area contributed by atoms with Gasteiger partial charge in [0.1, 0.15) is 5.69 Å². The van der Waals surface area contributed by atoms with Crippen LogP contribution in [0, 0.1) is 0 Å². The first-order chi connectivity index (χ1) is 15.5. The molecule has 1 aromatic heterocycles. The van der Waals surface area contributed by atoms with Gasteiger partial charge >= 0.3 is 6.03 Å². The Morgan fingerprint density at radius 2 is 1.97 bits per heavy atom. The van der Waals surface area contributed by atoms with E-state index in [1.165, 1.54) is 24.2 Å². The van der Waals surface area contributed by atoms with Crippen molar-refractivity contribution in [1.82, 2.24) is 15.3 Å². The third-order valence-electron chi connectivity index (χ3n) is 7.18. The molecule has 2 aliphatic heterocycles. The first-order valence-electron chi connectivity index (χ1n) is 11.6. The Bertz CT molecular complexity index is 1000. The van der Waals surface area contributed by atoms with Crippen LogP contribution in [0.15, 0.2) is 24.3 Å². The van der Waals surface area contributed by atoms with Gasteiger partial charge in [0.15, 0.2) is 11.6 Å². The highest BCUT2D eigenvalue weighted by molar-refractivity contribution is 5.89. The monoisotopic (exact) mass is 436 g/mol. The number of hydrogen-bond acceptors (Lipinski definition) is 6. The summed E-state index contributed by atoms with van der Waals surface area (Å²) < 4.78 is 5.60. The van der Waals surface area contributed by atoms with Crippen LogP contribution in [-0.4, -0.2) is 61.9 Å². The summed E-state index contributed by atoms with van der Waals surface area (Å²) in [5.74, 6) is 1.77. The molecule has 1 aromatic carbocycles. The lowest BCUT2D eigenvalue weighted by molar-refractivity contribution is 0.122. The van der Waals surface area contributed by atoms with Gasteiger partial charge < -0.3 is 25.2 Å². The molecule has 170 valence electrons. The van der Waals surface area contributed by atoms with E-state index in [1.54, 1.807) is 0 Å². The maximum absolute atomic E-state index is 11.8. The molecule has 2 aromatic rings. The topological polar surface area (TPSA) is 82.6 Å². The number of ether oxygens (including phenoxy) is 1. The van der Waals surface area contributed by atoms with Crippen molar-refractivity contribution in [2.24, 2.45) is 0 Å². The fraction of sp³-hybridized carbons (Fsp3) is 0.542. The number of rotatable bonds is 4. The highest BCUT2D eigenvalue weighted by Crippen LogP contribution is 2.54. The number of carbonyl (C=O) groups excluding carboxylic acids is 1. The van der Waals surface area contributed by atoms with Crippen molar-refractivity contribution >= 4 is 23.2 Å². The number of aromatic nitrogens is 2. The Morgan fingerprint density at radius 3 is 2.69 bits per heavy atom. The predicted molar refractivity (Wildman–Crippen MR) is 127 cm³/mol. The molecule has 0 radical (unpaired) electrons. The molecule has 1 aliphatic carbocycles. The number of carbonyl (C=O) groups is 1. The van der Waals surface area contributed by atoms with E-state index >= 15 is 0 Å². The van der Waals surface area contributed by atoms with Crippen LogP contribution >= 0.6 is 0 Å². The lowest BCUT2D eigenvalue weighted by atomic mass is 9.83. The van der Waals surface area contributed by atoms with Crippen molar-refractivity contribution in [3.63, 3.8) is 0 Å². The first-order valence-corrected chi connectivity index (χ1v) is 11.6. The second kappa shape index (κ2) is 8.24. The van der Waals surface area contributed by atoms with Crippen molar-refractivity contribution in [2.45, 2.75) is 44.6 Å². The largest absolute Gasteiger partial charge is 0.378 e. The van der Waals surface area contributed by atoms with Gasteiger partial charge in [-0.3, -0.25) is 0 Å². The van der Waals surface area contributed by atoms with Crippen LogP contribution in [0.5, 0.6) is 0 Å². The molecule has 8 nitrogen and oxygen atoms in total. The SMILES string of the molecule is CCNC(=O)Nc1ccc(-c2nc(N3CCOCC3)c3c(n2)C2(C)CCCC2N3C)cc1. The number of morpholine rings is 1. The van der Waals surface area contributed by atoms with E-state index in [4.69, 9.17) is 14.7 Å². The van der Waals surface area contributed by atoms with Crippen LogP contribution in [0.25, 0.3) is 11.4 Å². The molecule has 2 fully saturated rings. The molecule has 3 heterocycles. The second-order valence-electron chi connectivity index (χ2n) is 9.17. The van der Waals surface area contributed by atoms with E-state index in [2.05, 4.69) is 34.4 Å². The van der Waals surface area contributed by atoms with E-state index in [0.717, 1.165) is 55.6 Å². The molecule has 2 unspecified atom stereocenters. The minimum absolute atomic E-state index is 0.0581. The zero-order valence-electron chi connectivity index (χ0n) is 19.1. The van der Waals surface area contributed by atoms with Crippen LogP contribution in [0.1, 0.15) is 38.8 Å². The van der Waals surface area contributed by atoms with Crippen LogP contribution in [0.4, 0.5) is 22.0 Å². The summed E-state index contributed by atoms with van der Waals surface area (Å²) in [6, 6.07) is 8.06. The lowest BCUT2D eigenvalue weighted by Gasteiger charge is -2.32. The van der Waals surface area contributed by atoms with Crippen LogP contribution in [0.3, 0.4) is 0 Å². The fourth-order valence-electron chi connectivity index (χ4n) is 5.53. The average molecular weight is 437 g/mol. The smallest absolute Gasteiger partial charge is 0.319 e. The Kier molecular flexibility index (Phi) is 5.41. The molecule has 1 saturated carbocycles. The number of fused-ring (bicyclic) bond motifs is 3. The summed E-state index contributed by atoms with van der Waals surface area (Å²) in [5, 5.41) is 5.60. The van der Waals surface area contributed by atoms with Gasteiger partial charge in [0, 0.05) is 49.4 Å². The maximum Gasteiger partial charge on any atom is 0.319 e. The molecule has 2 N–H and O–H groups in total. The molecule has 8 heteroatoms. The van der Waals surface area contributed by atoms with Gasteiger partial charge in [-0.2, -0.15) is 0 Å². The first kappa shape index (κ1) is 21.0. The third kappa shape index (κ3) is 3.46. The average Bonchev–Trinajstić information content (AvgIpc) is 3.30. The zero-order valence-corrected chi connectivity index (χ0v) is 19.1. The molecular weight excluding hydrogens is 404 g/mol. The Morgan fingerprint density at radius 1 is 1.22 bits per heavy atom. The van der Waals surface area contributed by atoms with E-state index < -0.39 is 0 Å². The Balaban J connectivity index is 1.54. The molecule has 32 heavy (non-hydrogen) atoms. The quantitative estimate of drug-likeness (QED) is 0.765. The summed E-state index contributed by atoms with van der Waals surface area (Å²) in [7, 11) is 2.20. The van der Waals surface area contributed by atoms with Gasteiger partial charge in [-0.1, -0.05) is 13.3 Å². The summed E-state index contributed by atoms with van der Waals surface area (Å²) in [4.78, 5) is 26.8. The molecule has 0 spiro atoms. The number of urea groups is 1. The van der Waals surface area contributed by atoms with Crippen molar-refractivity contribution < 1.29 is 9.53 Å². The summed E-state index contributed by atoms with van der Waals surface area (Å²) in [6.45, 7) is 7.98. The van der Waals surface area contributed by atoms with E-state index in [-0.39, 0.29) is 11.4 Å². The lowest BCUT2D eigenvalue weighted by Crippen LogP contribution is -2.39. The highest BCUT2D eigenvalue weighted by Gasteiger charge is 2.52. The van der Waals surface area contributed by atoms with Crippen LogP contribution in [-0.2, 0) is 10.2 Å². The van der Waals surface area contributed by atoms with Crippen molar-refractivity contribution in [2.75, 3.05) is 55.0 Å². The molecule has 2 atom stereocenters. The summed E-state index contributed by atoms with van der Waals surface area (Å²) in [5.41, 5.74) is 4.13. The van der Waals surface area contributed by atoms with Crippen LogP contribution in [0.2, 0.25) is 0 Å². The minimum atomic E-state index is -0.202. The van der Waals surface area contributed by atoms with E-state index in [0.29, 0.717) is 12.6 Å². The molecule has 5 rings (SSSR count). The number of nitrogens with zero attached hydrogens (tertiary/aromatic N) is 4. The van der Waals surface area contributed by atoms with Crippen molar-refractivity contribution in [3.8, 4) is 11.4 Å². The highest BCUT2D eigenvalue weighted by atomic mass is 16.5. The predicted octanol–water partition coefficient (Wildman–Crippen LogP) is 3.38. The normalized spacial score (nSPS) is 24.3. The minimum Gasteiger partial charge on any atom is -0.378 e. The van der Waals surface area contributed by atoms with Gasteiger partial charge in [-0.25, -0.2) is 14.8 Å². The molecule has 3 aliphatic rings. The van der Waals surface area contributed by atoms with E-state index in [1.807, 2.05) is 31.2 Å². The van der Waals surface area contributed by atoms with Crippen molar-refractivity contribution in [1.29, 1.82) is 0 Å². The Hall–Kier alpha value is -2.87. The maximum atomic E-state index is 11.8. The number of likely N-dealkylation sites (N-methyl/N-ethyl adjacent to an activating group) is 1.